The molecule has 0 heterocycles. The van der Waals surface area contributed by atoms with Crippen molar-refractivity contribution in [3.8, 4) is 0 Å². The molecule has 0 spiro atoms. The Morgan fingerprint density at radius 3 is 2.14 bits per heavy atom. The van der Waals surface area contributed by atoms with Crippen molar-refractivity contribution in [2.24, 2.45) is 16.6 Å². The van der Waals surface area contributed by atoms with Crippen LogP contribution in [0.3, 0.4) is 0 Å². The van der Waals surface area contributed by atoms with Crippen LogP contribution in [0.5, 0.6) is 0 Å². The Hall–Kier alpha value is -0.480. The van der Waals surface area contributed by atoms with Gasteiger partial charge in [-0.1, -0.05) is 5.16 Å². The molecule has 0 atom stereocenters. The van der Waals surface area contributed by atoms with Gasteiger partial charge in [-0.2, -0.15) is 0 Å². The molecule has 0 fully saturated rings. The Kier molecular flexibility index (Phi) is 7.67. The van der Waals surface area contributed by atoms with Gasteiger partial charge in [-0.25, -0.2) is 0 Å². The summed E-state index contributed by atoms with van der Waals surface area (Å²) in [7, 11) is 0. The second-order valence-corrected chi connectivity index (χ2v) is 0.795. The van der Waals surface area contributed by atoms with E-state index in [9.17, 15) is 0 Å². The fourth-order valence-electron chi connectivity index (χ4n) is 0.0408. The van der Waals surface area contributed by atoms with Crippen LogP contribution in [0, 0.1) is 0 Å². The van der Waals surface area contributed by atoms with Crippen molar-refractivity contribution < 1.29 is 5.21 Å². The van der Waals surface area contributed by atoms with Gasteiger partial charge in [0.15, 0.2) is 5.84 Å². The molecule has 0 bridgehead atoms. The maximum absolute atomic E-state index is 7.72. The molecule has 4 nitrogen and oxygen atoms in total. The van der Waals surface area contributed by atoms with Crippen molar-refractivity contribution in [1.82, 2.24) is 0 Å². The van der Waals surface area contributed by atoms with Crippen LogP contribution in [-0.2, 0) is 0 Å². The van der Waals surface area contributed by atoms with Crippen molar-refractivity contribution in [3.05, 3.63) is 0 Å². The molecule has 0 aromatic heterocycles. The number of halogens is 1. The normalized spacial score (nSPS) is 10.1. The lowest BCUT2D eigenvalue weighted by atomic mass is 10.6. The minimum atomic E-state index is 0. The summed E-state index contributed by atoms with van der Waals surface area (Å²) in [6.45, 7) is 0.108. The largest absolute Gasteiger partial charge is 0.409 e. The fraction of sp³-hybridized carbons (Fsp3) is 0.500. The quantitative estimate of drug-likeness (QED) is 0.184. The van der Waals surface area contributed by atoms with E-state index in [0.717, 1.165) is 0 Å². The first kappa shape index (κ1) is 9.72. The number of hydrogen-bond donors (Lipinski definition) is 3. The van der Waals surface area contributed by atoms with Crippen LogP contribution in [0.4, 0.5) is 0 Å². The average molecular weight is 126 g/mol. The molecule has 0 aromatic rings. The van der Waals surface area contributed by atoms with Crippen molar-refractivity contribution in [1.29, 1.82) is 0 Å². The molecule has 0 aliphatic heterocycles. The van der Waals surface area contributed by atoms with Crippen molar-refractivity contribution in [2.75, 3.05) is 6.54 Å². The highest BCUT2D eigenvalue weighted by atomic mass is 35.5. The van der Waals surface area contributed by atoms with Gasteiger partial charge in [0.05, 0.1) is 6.54 Å². The van der Waals surface area contributed by atoms with E-state index in [0.29, 0.717) is 0 Å². The van der Waals surface area contributed by atoms with Crippen LogP contribution in [0.1, 0.15) is 0 Å². The summed E-state index contributed by atoms with van der Waals surface area (Å²) in [5.41, 5.74) is 9.71. The lowest BCUT2D eigenvalue weighted by Gasteiger charge is -1.83. The second-order valence-electron chi connectivity index (χ2n) is 0.795. The van der Waals surface area contributed by atoms with Crippen molar-refractivity contribution in [2.45, 2.75) is 0 Å². The summed E-state index contributed by atoms with van der Waals surface area (Å²) < 4.78 is 0. The van der Waals surface area contributed by atoms with Crippen LogP contribution >= 0.6 is 12.4 Å². The first-order valence-corrected chi connectivity index (χ1v) is 1.47. The van der Waals surface area contributed by atoms with Crippen LogP contribution < -0.4 is 11.5 Å². The molecule has 0 amide bonds. The van der Waals surface area contributed by atoms with Crippen LogP contribution in [0.25, 0.3) is 0 Å². The van der Waals surface area contributed by atoms with Gasteiger partial charge < -0.3 is 16.7 Å². The van der Waals surface area contributed by atoms with Gasteiger partial charge >= 0.3 is 0 Å². The SMILES string of the molecule is Cl.NCC(N)=NO. The molecule has 5 heteroatoms. The zero-order chi connectivity index (χ0) is 4.99. The average Bonchev–Trinajstić information content (AvgIpc) is 1.65. The summed E-state index contributed by atoms with van der Waals surface area (Å²) in [6.07, 6.45) is 0. The molecule has 44 valence electrons. The molecule has 0 aliphatic rings. The van der Waals surface area contributed by atoms with Gasteiger partial charge in [0.25, 0.3) is 0 Å². The first-order chi connectivity index (χ1) is 2.81. The fourth-order valence-corrected chi connectivity index (χ4v) is 0.0408. The van der Waals surface area contributed by atoms with E-state index in [1.165, 1.54) is 0 Å². The maximum atomic E-state index is 7.72. The highest BCUT2D eigenvalue weighted by Crippen LogP contribution is 1.52. The molecule has 0 saturated heterocycles. The summed E-state index contributed by atoms with van der Waals surface area (Å²) in [6, 6.07) is 0. The Morgan fingerprint density at radius 1 is 1.71 bits per heavy atom. The Morgan fingerprint density at radius 2 is 2.14 bits per heavy atom. The van der Waals surface area contributed by atoms with E-state index in [2.05, 4.69) is 5.16 Å². The number of rotatable bonds is 1. The lowest BCUT2D eigenvalue weighted by molar-refractivity contribution is 0.317. The highest BCUT2D eigenvalue weighted by molar-refractivity contribution is 5.85. The molecular formula is C2H8ClN3O. The summed E-state index contributed by atoms with van der Waals surface area (Å²) in [5, 5.41) is 10.3. The highest BCUT2D eigenvalue weighted by Gasteiger charge is 1.78. The van der Waals surface area contributed by atoms with Gasteiger partial charge in [-0.15, -0.1) is 12.4 Å². The maximum Gasteiger partial charge on any atom is 0.152 e. The summed E-state index contributed by atoms with van der Waals surface area (Å²) in [4.78, 5) is 0. The Labute approximate surface area is 47.6 Å². The molecule has 0 saturated carbocycles. The molecule has 0 aliphatic carbocycles. The Balaban J connectivity index is 0. The third-order valence-corrected chi connectivity index (χ3v) is 0.338. The topological polar surface area (TPSA) is 84.6 Å². The zero-order valence-electron chi connectivity index (χ0n) is 3.66. The summed E-state index contributed by atoms with van der Waals surface area (Å²) >= 11 is 0. The number of oxime groups is 1. The predicted octanol–water partition coefficient (Wildman–Crippen LogP) is -0.887. The minimum Gasteiger partial charge on any atom is -0.409 e. The molecule has 0 radical (unpaired) electrons. The van der Waals surface area contributed by atoms with Crippen molar-refractivity contribution >= 4 is 18.2 Å². The van der Waals surface area contributed by atoms with Gasteiger partial charge in [-0.05, 0) is 0 Å². The number of nitrogens with two attached hydrogens (primary N) is 2. The first-order valence-electron chi connectivity index (χ1n) is 1.47. The van der Waals surface area contributed by atoms with Gasteiger partial charge in [0, 0.05) is 0 Å². The monoisotopic (exact) mass is 125 g/mol. The van der Waals surface area contributed by atoms with E-state index in [1.807, 2.05) is 0 Å². The molecule has 0 rings (SSSR count). The Bertz CT molecular complexity index is 64.0. The predicted molar refractivity (Wildman–Crippen MR) is 29.7 cm³/mol. The second kappa shape index (κ2) is 5.52. The number of amidine groups is 1. The lowest BCUT2D eigenvalue weighted by Crippen LogP contribution is -2.22. The van der Waals surface area contributed by atoms with Crippen molar-refractivity contribution in [3.63, 3.8) is 0 Å². The van der Waals surface area contributed by atoms with Gasteiger partial charge in [-0.3, -0.25) is 0 Å². The van der Waals surface area contributed by atoms with E-state index >= 15 is 0 Å². The van der Waals surface area contributed by atoms with Gasteiger partial charge in [0.1, 0.15) is 0 Å². The molecular weight excluding hydrogens is 117 g/mol. The molecule has 0 unspecified atom stereocenters. The van der Waals surface area contributed by atoms with Crippen LogP contribution in [0.2, 0.25) is 0 Å². The summed E-state index contributed by atoms with van der Waals surface area (Å²) in [5.74, 6) is 0.0509. The molecule has 0 aromatic carbocycles. The van der Waals surface area contributed by atoms with Crippen LogP contribution in [-0.4, -0.2) is 17.6 Å². The third kappa shape index (κ3) is 5.52. The molecule has 7 heavy (non-hydrogen) atoms. The molecule has 5 N–H and O–H groups in total. The van der Waals surface area contributed by atoms with Gasteiger partial charge in [0.2, 0.25) is 0 Å². The van der Waals surface area contributed by atoms with E-state index in [-0.39, 0.29) is 24.8 Å². The standard InChI is InChI=1S/C2H7N3O.ClH/c3-1-2(4)5-6;/h6H,1,3H2,(H2,4,5);1H. The van der Waals surface area contributed by atoms with Crippen LogP contribution in [0.15, 0.2) is 5.16 Å². The number of nitrogens with zero attached hydrogens (tertiary/aromatic N) is 1. The third-order valence-electron chi connectivity index (χ3n) is 0.338. The van der Waals surface area contributed by atoms with E-state index in [1.54, 1.807) is 0 Å². The smallest absolute Gasteiger partial charge is 0.152 e. The van der Waals surface area contributed by atoms with E-state index in [4.69, 9.17) is 16.7 Å². The zero-order valence-corrected chi connectivity index (χ0v) is 4.48. The minimum absolute atomic E-state index is 0. The van der Waals surface area contributed by atoms with E-state index < -0.39 is 0 Å². The number of hydrogen-bond acceptors (Lipinski definition) is 3.